The highest BCUT2D eigenvalue weighted by Crippen LogP contribution is 2.55. The lowest BCUT2D eigenvalue weighted by Gasteiger charge is -1.91. The second-order valence-electron chi connectivity index (χ2n) is 0.581. The zero-order valence-electron chi connectivity index (χ0n) is 4.30. The molecule has 0 saturated heterocycles. The van der Waals surface area contributed by atoms with Crippen molar-refractivity contribution in [1.29, 1.82) is 0 Å². The molecular weight excluding hydrogens is 269 g/mol. The molecule has 0 aromatic heterocycles. The molecule has 0 amide bonds. The first-order valence-corrected chi connectivity index (χ1v) is 11.9. The van der Waals surface area contributed by atoms with Gasteiger partial charge in [0.05, 0.1) is 0 Å². The van der Waals surface area contributed by atoms with Crippen molar-refractivity contribution in [1.82, 2.24) is 0 Å². The van der Waals surface area contributed by atoms with Crippen LogP contribution in [0, 0.1) is 0 Å². The van der Waals surface area contributed by atoms with E-state index in [0.29, 0.717) is 0 Å². The molecule has 0 spiro atoms. The van der Waals surface area contributed by atoms with Crippen molar-refractivity contribution in [2.24, 2.45) is 0 Å². The van der Waals surface area contributed by atoms with E-state index < -0.39 is 0 Å². The average molecular weight is 273 g/mol. The van der Waals surface area contributed by atoms with Crippen LogP contribution in [0.4, 0.5) is 0 Å². The van der Waals surface area contributed by atoms with Gasteiger partial charge in [-0.2, -0.15) is 0 Å². The summed E-state index contributed by atoms with van der Waals surface area (Å²) >= 11 is 3.97. The van der Waals surface area contributed by atoms with Gasteiger partial charge in [-0.1, -0.05) is 22.5 Å². The van der Waals surface area contributed by atoms with Crippen LogP contribution in [-0.2, 0) is 0 Å². The Balaban J connectivity index is 2.60. The minimum atomic E-state index is 1.48. The van der Waals surface area contributed by atoms with Gasteiger partial charge in [0.25, 0.3) is 0 Å². The van der Waals surface area contributed by atoms with Crippen molar-refractivity contribution in [2.45, 2.75) is 0 Å². The Bertz CT molecular complexity index is 37.8. The third-order valence-electron chi connectivity index (χ3n) is 0.210. The molecule has 0 saturated carbocycles. The molecule has 0 N–H and O–H groups in total. The SMILES string of the molecule is CSSSSSSSS. The molecule has 0 aromatic carbocycles. The summed E-state index contributed by atoms with van der Waals surface area (Å²) in [5, 5.41) is 0. The summed E-state index contributed by atoms with van der Waals surface area (Å²) in [5.41, 5.74) is 0. The number of hydrogen-bond acceptors (Lipinski definition) is 8. The van der Waals surface area contributed by atoms with E-state index in [1.54, 1.807) is 59.9 Å². The maximum Gasteiger partial charge on any atom is -0.0000279 e. The van der Waals surface area contributed by atoms with Crippen LogP contribution in [0.1, 0.15) is 0 Å². The highest BCUT2D eigenvalue weighted by Gasteiger charge is 1.90. The first-order valence-electron chi connectivity index (χ1n) is 1.59. The average Bonchev–Trinajstić information content (AvgIpc) is 1.89. The van der Waals surface area contributed by atoms with Crippen LogP contribution in [0.3, 0.4) is 0 Å². The Labute approximate surface area is 86.6 Å². The van der Waals surface area contributed by atoms with E-state index in [1.807, 2.05) is 0 Å². The summed E-state index contributed by atoms with van der Waals surface area (Å²) < 4.78 is 0. The summed E-state index contributed by atoms with van der Waals surface area (Å²) in [5.74, 6) is 0. The normalized spacial score (nSPS) is 10.0. The lowest BCUT2D eigenvalue weighted by Crippen LogP contribution is -1.30. The van der Waals surface area contributed by atoms with Gasteiger partial charge >= 0.3 is 0 Å². The molecule has 0 aliphatic heterocycles. The van der Waals surface area contributed by atoms with Gasteiger partial charge in [0.1, 0.15) is 0 Å². The molecule has 0 aliphatic carbocycles. The predicted octanol–water partition coefficient (Wildman–Crippen LogP) is 5.08. The molecule has 0 radical (unpaired) electrons. The molecule has 0 atom stereocenters. The molecule has 0 rings (SSSR count). The van der Waals surface area contributed by atoms with Gasteiger partial charge in [-0.15, -0.1) is 0 Å². The zero-order chi connectivity index (χ0) is 6.95. The smallest absolute Gasteiger partial charge is 0.0000279 e. The molecule has 0 nitrogen and oxygen atoms in total. The fourth-order valence-corrected chi connectivity index (χ4v) is 13.5. The molecule has 0 unspecified atom stereocenters. The van der Waals surface area contributed by atoms with Crippen LogP contribution in [-0.4, -0.2) is 6.26 Å². The van der Waals surface area contributed by atoms with E-state index in [1.165, 1.54) is 9.83 Å². The van der Waals surface area contributed by atoms with Gasteiger partial charge in [-0.3, -0.25) is 0 Å². The lowest BCUT2D eigenvalue weighted by molar-refractivity contribution is 2.55. The van der Waals surface area contributed by atoms with Gasteiger partial charge in [0, 0.05) is 0 Å². The zero-order valence-corrected chi connectivity index (χ0v) is 10.9. The maximum absolute atomic E-state index is 3.97. The molecule has 8 heteroatoms. The molecule has 0 aromatic rings. The Kier molecular flexibility index (Phi) is 14.2. The number of thiol groups is 1. The fraction of sp³-hybridized carbons (Fsp3) is 1.00. The van der Waals surface area contributed by atoms with Crippen LogP contribution in [0.2, 0.25) is 0 Å². The molecule has 9 heavy (non-hydrogen) atoms. The van der Waals surface area contributed by atoms with Gasteiger partial charge < -0.3 is 0 Å². The van der Waals surface area contributed by atoms with Gasteiger partial charge in [-0.25, -0.2) is 0 Å². The predicted molar refractivity (Wildman–Crippen MR) is 68.0 cm³/mol. The van der Waals surface area contributed by atoms with Crippen LogP contribution in [0.15, 0.2) is 0 Å². The monoisotopic (exact) mass is 272 g/mol. The highest BCUT2D eigenvalue weighted by molar-refractivity contribution is 9.48. The fourth-order valence-electron chi connectivity index (χ4n) is 0.0742. The summed E-state index contributed by atoms with van der Waals surface area (Å²) in [7, 11) is 12.0. The van der Waals surface area contributed by atoms with E-state index in [0.717, 1.165) is 0 Å². The molecule has 0 bridgehead atoms. The Hall–Kier alpha value is 2.80. The second-order valence-corrected chi connectivity index (χ2v) is 12.7. The minimum Gasteiger partial charge on any atom is -0.0988 e. The largest absolute Gasteiger partial charge is 0.0988 e. The van der Waals surface area contributed by atoms with Crippen molar-refractivity contribution in [3.8, 4) is 0 Å². The van der Waals surface area contributed by atoms with Crippen molar-refractivity contribution in [3.63, 3.8) is 0 Å². The quantitative estimate of drug-likeness (QED) is 0.401. The third-order valence-corrected chi connectivity index (χ3v) is 13.3. The van der Waals surface area contributed by atoms with Crippen LogP contribution >= 0.6 is 81.4 Å². The summed E-state index contributed by atoms with van der Waals surface area (Å²) in [6.45, 7) is 0. The molecule has 56 valence electrons. The number of hydrogen-bond donors (Lipinski definition) is 1. The summed E-state index contributed by atoms with van der Waals surface area (Å²) in [6.07, 6.45) is 2.07. The highest BCUT2D eigenvalue weighted by atomic mass is 34.0. The number of rotatable bonds is 6. The van der Waals surface area contributed by atoms with Crippen LogP contribution < -0.4 is 0 Å². The van der Waals surface area contributed by atoms with Gasteiger partial charge in [0.2, 0.25) is 0 Å². The minimum absolute atomic E-state index is 1.48. The Morgan fingerprint density at radius 1 is 0.889 bits per heavy atom. The molecule has 0 aliphatic rings. The van der Waals surface area contributed by atoms with Crippen molar-refractivity contribution in [2.75, 3.05) is 6.26 Å². The Morgan fingerprint density at radius 2 is 1.44 bits per heavy atom. The van der Waals surface area contributed by atoms with E-state index in [4.69, 9.17) is 0 Å². The topological polar surface area (TPSA) is 0 Å². The van der Waals surface area contributed by atoms with Crippen LogP contribution in [0.5, 0.6) is 0 Å². The van der Waals surface area contributed by atoms with Crippen LogP contribution in [0.25, 0.3) is 0 Å². The second kappa shape index (κ2) is 10.8. The van der Waals surface area contributed by atoms with E-state index >= 15 is 0 Å². The summed E-state index contributed by atoms with van der Waals surface area (Å²) in [6, 6.07) is 0. The standard InChI is InChI=1S/CH4S8/c1-3-5-7-9-8-6-4-2/h2H,1H3. The van der Waals surface area contributed by atoms with Crippen molar-refractivity contribution >= 4 is 81.4 Å². The van der Waals surface area contributed by atoms with Crippen molar-refractivity contribution in [3.05, 3.63) is 0 Å². The third kappa shape index (κ3) is 10.8. The lowest BCUT2D eigenvalue weighted by atomic mass is 12.0. The van der Waals surface area contributed by atoms with E-state index in [-0.39, 0.29) is 0 Å². The first kappa shape index (κ1) is 11.8. The van der Waals surface area contributed by atoms with E-state index in [2.05, 4.69) is 17.9 Å². The molecule has 0 heterocycles. The molecular formula is CH4S8. The Morgan fingerprint density at radius 3 is 2.00 bits per heavy atom. The van der Waals surface area contributed by atoms with Gasteiger partial charge in [-0.05, 0) is 65.2 Å². The maximum atomic E-state index is 3.97. The van der Waals surface area contributed by atoms with Gasteiger partial charge in [0.15, 0.2) is 0 Å². The van der Waals surface area contributed by atoms with E-state index in [9.17, 15) is 0 Å². The molecule has 0 fully saturated rings. The first-order chi connectivity index (χ1) is 4.41. The summed E-state index contributed by atoms with van der Waals surface area (Å²) in [4.78, 5) is 0. The van der Waals surface area contributed by atoms with Crippen molar-refractivity contribution < 1.29 is 0 Å².